The topological polar surface area (TPSA) is 89.0 Å². The van der Waals surface area contributed by atoms with E-state index < -0.39 is 0 Å². The van der Waals surface area contributed by atoms with Gasteiger partial charge < -0.3 is 10.1 Å². The number of rotatable bonds is 3. The number of likely N-dealkylation sites (N-methyl/N-ethyl adjacent to an activating group) is 1. The van der Waals surface area contributed by atoms with Gasteiger partial charge in [0.05, 0.1) is 31.5 Å². The zero-order chi connectivity index (χ0) is 11.4. The van der Waals surface area contributed by atoms with Crippen molar-refractivity contribution in [1.29, 1.82) is 0 Å². The van der Waals surface area contributed by atoms with Crippen molar-refractivity contribution in [2.24, 2.45) is 5.92 Å². The van der Waals surface area contributed by atoms with Crippen molar-refractivity contribution in [3.63, 3.8) is 0 Å². The molecular weight excluding hydrogens is 210 g/mol. The van der Waals surface area contributed by atoms with Crippen molar-refractivity contribution in [3.05, 3.63) is 12.4 Å². The molecule has 86 valence electrons. The fourth-order valence-electron chi connectivity index (χ4n) is 1.60. The Hall–Kier alpha value is -1.60. The van der Waals surface area contributed by atoms with Crippen molar-refractivity contribution in [3.8, 4) is 0 Å². The van der Waals surface area contributed by atoms with Crippen molar-refractivity contribution < 1.29 is 9.53 Å². The van der Waals surface area contributed by atoms with Crippen molar-refractivity contribution in [2.45, 2.75) is 6.04 Å². The Kier molecular flexibility index (Phi) is 3.37. The highest BCUT2D eigenvalue weighted by Crippen LogP contribution is 2.14. The summed E-state index contributed by atoms with van der Waals surface area (Å²) in [5.41, 5.74) is 0. The van der Waals surface area contributed by atoms with Crippen LogP contribution < -0.4 is 10.6 Å². The van der Waals surface area contributed by atoms with E-state index in [-0.39, 0.29) is 23.8 Å². The van der Waals surface area contributed by atoms with Crippen LogP contribution >= 0.6 is 0 Å². The van der Waals surface area contributed by atoms with Gasteiger partial charge in [-0.25, -0.2) is 4.98 Å². The lowest BCUT2D eigenvalue weighted by Gasteiger charge is -2.15. The molecule has 1 aromatic heterocycles. The number of nitrogens with one attached hydrogen (secondary N) is 2. The third kappa shape index (κ3) is 2.31. The van der Waals surface area contributed by atoms with Crippen LogP contribution in [0.3, 0.4) is 0 Å². The molecule has 0 spiro atoms. The van der Waals surface area contributed by atoms with Crippen molar-refractivity contribution >= 4 is 11.9 Å². The standard InChI is InChI=1S/C9H13N5O2/c1-10-7-5-16-4-6(7)8(15)13-9-11-2-3-12-14-9/h2-3,6-7,10H,4-5H2,1H3,(H,11,13,14,15). The lowest BCUT2D eigenvalue weighted by molar-refractivity contribution is -0.120. The number of carbonyl (C=O) groups is 1. The Balaban J connectivity index is 1.98. The second-order valence-electron chi connectivity index (χ2n) is 3.49. The summed E-state index contributed by atoms with van der Waals surface area (Å²) in [6, 6.07) is 0.0386. The van der Waals surface area contributed by atoms with E-state index in [2.05, 4.69) is 25.8 Å². The second kappa shape index (κ2) is 4.95. The smallest absolute Gasteiger partial charge is 0.249 e. The minimum Gasteiger partial charge on any atom is -0.379 e. The van der Waals surface area contributed by atoms with Gasteiger partial charge in [0.25, 0.3) is 0 Å². The molecule has 1 aliphatic heterocycles. The van der Waals surface area contributed by atoms with E-state index in [1.54, 1.807) is 7.05 Å². The summed E-state index contributed by atoms with van der Waals surface area (Å²) in [5.74, 6) is -0.145. The van der Waals surface area contributed by atoms with Crippen molar-refractivity contribution in [1.82, 2.24) is 20.5 Å². The molecule has 1 aliphatic rings. The number of hydrogen-bond acceptors (Lipinski definition) is 6. The number of ether oxygens (including phenoxy) is 1. The quantitative estimate of drug-likeness (QED) is 0.686. The maximum Gasteiger partial charge on any atom is 0.249 e. The van der Waals surface area contributed by atoms with E-state index in [0.29, 0.717) is 13.2 Å². The van der Waals surface area contributed by atoms with Gasteiger partial charge in [0.2, 0.25) is 11.9 Å². The maximum atomic E-state index is 11.8. The number of aromatic nitrogens is 3. The predicted octanol–water partition coefficient (Wildman–Crippen LogP) is -0.955. The fraction of sp³-hybridized carbons (Fsp3) is 0.556. The first-order chi connectivity index (χ1) is 7.81. The van der Waals surface area contributed by atoms with E-state index >= 15 is 0 Å². The molecule has 0 aromatic carbocycles. The first-order valence-corrected chi connectivity index (χ1v) is 5.01. The monoisotopic (exact) mass is 223 g/mol. The molecule has 1 saturated heterocycles. The predicted molar refractivity (Wildman–Crippen MR) is 55.6 cm³/mol. The molecule has 2 N–H and O–H groups in total. The van der Waals surface area contributed by atoms with Gasteiger partial charge in [-0.1, -0.05) is 0 Å². The third-order valence-electron chi connectivity index (χ3n) is 2.51. The molecular formula is C9H13N5O2. The summed E-state index contributed by atoms with van der Waals surface area (Å²) in [7, 11) is 1.81. The van der Waals surface area contributed by atoms with E-state index in [4.69, 9.17) is 4.74 Å². The maximum absolute atomic E-state index is 11.8. The minimum atomic E-state index is -0.214. The molecule has 16 heavy (non-hydrogen) atoms. The Bertz CT molecular complexity index is 358. The first kappa shape index (κ1) is 10.9. The Morgan fingerprint density at radius 2 is 2.38 bits per heavy atom. The van der Waals surface area contributed by atoms with Gasteiger partial charge in [-0.15, -0.1) is 5.10 Å². The van der Waals surface area contributed by atoms with Gasteiger partial charge in [-0.3, -0.25) is 10.1 Å². The number of hydrogen-bond donors (Lipinski definition) is 2. The van der Waals surface area contributed by atoms with Crippen LogP contribution in [-0.2, 0) is 9.53 Å². The first-order valence-electron chi connectivity index (χ1n) is 5.01. The lowest BCUT2D eigenvalue weighted by atomic mass is 10.0. The summed E-state index contributed by atoms with van der Waals surface area (Å²) in [6.07, 6.45) is 2.92. The molecule has 1 amide bonds. The zero-order valence-electron chi connectivity index (χ0n) is 8.88. The van der Waals surface area contributed by atoms with Crippen LogP contribution in [0.25, 0.3) is 0 Å². The van der Waals surface area contributed by atoms with Crippen LogP contribution in [0.1, 0.15) is 0 Å². The van der Waals surface area contributed by atoms with Gasteiger partial charge in [0.15, 0.2) is 0 Å². The summed E-state index contributed by atoms with van der Waals surface area (Å²) in [6.45, 7) is 0.958. The highest BCUT2D eigenvalue weighted by molar-refractivity contribution is 5.91. The molecule has 7 heteroatoms. The van der Waals surface area contributed by atoms with Crippen LogP contribution in [0.5, 0.6) is 0 Å². The van der Waals surface area contributed by atoms with Gasteiger partial charge in [0, 0.05) is 6.04 Å². The molecule has 1 fully saturated rings. The highest BCUT2D eigenvalue weighted by Gasteiger charge is 2.33. The number of amides is 1. The molecule has 2 heterocycles. The average Bonchev–Trinajstić information content (AvgIpc) is 2.78. The van der Waals surface area contributed by atoms with E-state index in [1.807, 2.05) is 0 Å². The van der Waals surface area contributed by atoms with E-state index in [9.17, 15) is 4.79 Å². The number of nitrogens with zero attached hydrogens (tertiary/aromatic N) is 3. The van der Waals surface area contributed by atoms with Crippen LogP contribution in [0, 0.1) is 5.92 Å². The number of anilines is 1. The van der Waals surface area contributed by atoms with Gasteiger partial charge in [0.1, 0.15) is 0 Å². The Morgan fingerprint density at radius 3 is 3.06 bits per heavy atom. The molecule has 2 atom stereocenters. The Labute approximate surface area is 92.6 Å². The van der Waals surface area contributed by atoms with Crippen LogP contribution in [0.4, 0.5) is 5.95 Å². The summed E-state index contributed by atoms with van der Waals surface area (Å²) in [5, 5.41) is 13.0. The molecule has 1 aromatic rings. The van der Waals surface area contributed by atoms with Crippen LogP contribution in [-0.4, -0.2) is 47.4 Å². The largest absolute Gasteiger partial charge is 0.379 e. The Morgan fingerprint density at radius 1 is 1.50 bits per heavy atom. The average molecular weight is 223 g/mol. The van der Waals surface area contributed by atoms with Crippen LogP contribution in [0.2, 0.25) is 0 Å². The normalized spacial score (nSPS) is 24.3. The molecule has 7 nitrogen and oxygen atoms in total. The number of carbonyl (C=O) groups excluding carboxylic acids is 1. The van der Waals surface area contributed by atoms with Gasteiger partial charge >= 0.3 is 0 Å². The highest BCUT2D eigenvalue weighted by atomic mass is 16.5. The minimum absolute atomic E-state index is 0.0386. The zero-order valence-corrected chi connectivity index (χ0v) is 8.88. The van der Waals surface area contributed by atoms with Gasteiger partial charge in [-0.2, -0.15) is 5.10 Å². The summed E-state index contributed by atoms with van der Waals surface area (Å²) < 4.78 is 5.24. The SMILES string of the molecule is CNC1COCC1C(=O)Nc1nccnn1. The fourth-order valence-corrected chi connectivity index (χ4v) is 1.60. The van der Waals surface area contributed by atoms with Crippen LogP contribution in [0.15, 0.2) is 12.4 Å². The molecule has 0 bridgehead atoms. The van der Waals surface area contributed by atoms with E-state index in [0.717, 1.165) is 0 Å². The van der Waals surface area contributed by atoms with E-state index in [1.165, 1.54) is 12.4 Å². The molecule has 0 aliphatic carbocycles. The third-order valence-corrected chi connectivity index (χ3v) is 2.51. The lowest BCUT2D eigenvalue weighted by Crippen LogP contribution is -2.39. The van der Waals surface area contributed by atoms with Crippen molar-refractivity contribution in [2.75, 3.05) is 25.6 Å². The molecule has 2 unspecified atom stereocenters. The molecule has 0 radical (unpaired) electrons. The summed E-state index contributed by atoms with van der Waals surface area (Å²) in [4.78, 5) is 15.7. The van der Waals surface area contributed by atoms with Gasteiger partial charge in [-0.05, 0) is 7.05 Å². The molecule has 0 saturated carbocycles. The second-order valence-corrected chi connectivity index (χ2v) is 3.49. The summed E-state index contributed by atoms with van der Waals surface area (Å²) >= 11 is 0. The molecule has 2 rings (SSSR count).